The van der Waals surface area contributed by atoms with Gasteiger partial charge in [0.25, 0.3) is 0 Å². The molecule has 3 fully saturated rings. The van der Waals surface area contributed by atoms with Crippen LogP contribution >= 0.6 is 0 Å². The number of hydrogen-bond acceptors (Lipinski definition) is 5. The largest absolute Gasteiger partial charge is 0.386 e. The predicted octanol–water partition coefficient (Wildman–Crippen LogP) is 3.62. The zero-order valence-electron chi connectivity index (χ0n) is 22.9. The van der Waals surface area contributed by atoms with E-state index < -0.39 is 29.1 Å². The van der Waals surface area contributed by atoms with Crippen LogP contribution in [-0.4, -0.2) is 56.8 Å². The van der Waals surface area contributed by atoms with Gasteiger partial charge in [0, 0.05) is 35.0 Å². The van der Waals surface area contributed by atoms with Crippen LogP contribution in [0.1, 0.15) is 39.7 Å². The van der Waals surface area contributed by atoms with Gasteiger partial charge in [-0.2, -0.15) is 0 Å². The molecule has 10 unspecified atom stereocenters. The summed E-state index contributed by atoms with van der Waals surface area (Å²) in [5, 5.41) is 25.7. The van der Waals surface area contributed by atoms with Gasteiger partial charge in [0.1, 0.15) is 17.6 Å². The highest BCUT2D eigenvalue weighted by molar-refractivity contribution is 6.13. The molecular formula is C32H38N2O5. The summed E-state index contributed by atoms with van der Waals surface area (Å²) in [7, 11) is 0. The molecule has 0 radical (unpaired) electrons. The van der Waals surface area contributed by atoms with E-state index in [9.17, 15) is 19.8 Å². The van der Waals surface area contributed by atoms with E-state index in [1.54, 1.807) is 6.92 Å². The number of benzene rings is 1. The molecule has 4 N–H and O–H groups in total. The van der Waals surface area contributed by atoms with Crippen molar-refractivity contribution < 1.29 is 24.5 Å². The number of carbonyl (C=O) groups is 2. The lowest BCUT2D eigenvalue weighted by Crippen LogP contribution is -2.58. The van der Waals surface area contributed by atoms with Crippen LogP contribution in [0.5, 0.6) is 0 Å². The van der Waals surface area contributed by atoms with E-state index in [4.69, 9.17) is 4.74 Å². The van der Waals surface area contributed by atoms with Gasteiger partial charge in [0.2, 0.25) is 5.91 Å². The van der Waals surface area contributed by atoms with Crippen molar-refractivity contribution in [3.63, 3.8) is 0 Å². The number of hydrogen-bond donors (Lipinski definition) is 4. The molecule has 1 saturated carbocycles. The summed E-state index contributed by atoms with van der Waals surface area (Å²) in [4.78, 5) is 31.8. The molecule has 206 valence electrons. The molecule has 2 aromatic rings. The molecule has 4 aliphatic rings. The van der Waals surface area contributed by atoms with Crippen molar-refractivity contribution in [1.82, 2.24) is 10.3 Å². The quantitative estimate of drug-likeness (QED) is 0.269. The maximum absolute atomic E-state index is 14.3. The first-order chi connectivity index (χ1) is 18.6. The summed E-state index contributed by atoms with van der Waals surface area (Å²) in [6, 6.07) is 7.82. The first kappa shape index (κ1) is 26.2. The highest BCUT2D eigenvalue weighted by atomic mass is 16.6. The van der Waals surface area contributed by atoms with Crippen molar-refractivity contribution in [3.8, 4) is 0 Å². The van der Waals surface area contributed by atoms with Crippen molar-refractivity contribution in [3.05, 3.63) is 72.0 Å². The number of amides is 1. The molecule has 2 aliphatic carbocycles. The van der Waals surface area contributed by atoms with Crippen LogP contribution in [0.3, 0.4) is 0 Å². The minimum absolute atomic E-state index is 0.0623. The molecule has 10 atom stereocenters. The lowest BCUT2D eigenvalue weighted by Gasteiger charge is -2.45. The van der Waals surface area contributed by atoms with Crippen molar-refractivity contribution in [2.45, 2.75) is 70.5 Å². The number of para-hydroxylation sites is 1. The smallest absolute Gasteiger partial charge is 0.235 e. The average Bonchev–Trinajstić information content (AvgIpc) is 3.31. The molecule has 2 aliphatic heterocycles. The van der Waals surface area contributed by atoms with E-state index >= 15 is 0 Å². The highest BCUT2D eigenvalue weighted by Crippen LogP contribution is 2.66. The first-order valence-corrected chi connectivity index (χ1v) is 14.1. The van der Waals surface area contributed by atoms with Crippen LogP contribution in [-0.2, 0) is 20.7 Å². The minimum atomic E-state index is -1.37. The molecule has 7 heteroatoms. The predicted molar refractivity (Wildman–Crippen MR) is 149 cm³/mol. The molecule has 1 amide bonds. The average molecular weight is 531 g/mol. The lowest BCUT2D eigenvalue weighted by atomic mass is 9.51. The Morgan fingerprint density at radius 2 is 1.90 bits per heavy atom. The zero-order chi connectivity index (χ0) is 27.7. The summed E-state index contributed by atoms with van der Waals surface area (Å²) >= 11 is 0. The van der Waals surface area contributed by atoms with Gasteiger partial charge >= 0.3 is 0 Å². The number of fused-ring (bicyclic) bond motifs is 3. The molecule has 2 saturated heterocycles. The molecule has 3 heterocycles. The number of aliphatic hydroxyl groups excluding tert-OH is 2. The standard InChI is InChI=1S/C32H38N2O5/c1-17-8-7-10-22-29-31(4,39-29)19(3)27-24(15-20-16-33-23-11-6-5-9-21(20)23)34-30(38)32(22,27)26(36)13-12-25(35)28(37)18(2)14-17/h5-7,9-14,16-17,19,22,24-25,27-29,33,35,37H,8,15H2,1-4H3,(H,34,38). The number of nitrogens with one attached hydrogen (secondary N) is 2. The van der Waals surface area contributed by atoms with Crippen molar-refractivity contribution in [1.29, 1.82) is 0 Å². The number of carbonyl (C=O) groups excluding carboxylic acids is 2. The molecule has 0 bridgehead atoms. The third-order valence-corrected chi connectivity index (χ3v) is 9.99. The number of ketones is 1. The minimum Gasteiger partial charge on any atom is -0.386 e. The summed E-state index contributed by atoms with van der Waals surface area (Å²) in [5.74, 6) is -1.33. The maximum Gasteiger partial charge on any atom is 0.235 e. The number of allylic oxidation sites excluding steroid dienone is 3. The van der Waals surface area contributed by atoms with Crippen LogP contribution in [0.15, 0.2) is 66.4 Å². The second-order valence-electron chi connectivity index (χ2n) is 12.3. The van der Waals surface area contributed by atoms with Gasteiger partial charge < -0.3 is 25.3 Å². The fraction of sp³-hybridized carbons (Fsp3) is 0.500. The first-order valence-electron chi connectivity index (χ1n) is 14.1. The van der Waals surface area contributed by atoms with Gasteiger partial charge in [-0.3, -0.25) is 9.59 Å². The van der Waals surface area contributed by atoms with E-state index in [0.29, 0.717) is 18.4 Å². The molecule has 1 aromatic heterocycles. The van der Waals surface area contributed by atoms with E-state index in [2.05, 4.69) is 30.2 Å². The second kappa shape index (κ2) is 9.29. The number of epoxide rings is 1. The number of rotatable bonds is 2. The highest BCUT2D eigenvalue weighted by Gasteiger charge is 2.78. The number of aromatic nitrogens is 1. The third kappa shape index (κ3) is 3.89. The number of H-pyrrole nitrogens is 1. The molecule has 39 heavy (non-hydrogen) atoms. The summed E-state index contributed by atoms with van der Waals surface area (Å²) < 4.78 is 6.34. The van der Waals surface area contributed by atoms with Crippen molar-refractivity contribution in [2.75, 3.05) is 0 Å². The van der Waals surface area contributed by atoms with E-state index in [-0.39, 0.29) is 41.6 Å². The van der Waals surface area contributed by atoms with Crippen molar-refractivity contribution in [2.24, 2.45) is 29.1 Å². The van der Waals surface area contributed by atoms with E-state index in [1.165, 1.54) is 12.2 Å². The van der Waals surface area contributed by atoms with E-state index in [1.807, 2.05) is 49.5 Å². The zero-order valence-corrected chi connectivity index (χ0v) is 22.9. The Labute approximate surface area is 229 Å². The summed E-state index contributed by atoms with van der Waals surface area (Å²) in [5.41, 5.74) is 0.987. The number of ether oxygens (including phenoxy) is 1. The lowest BCUT2D eigenvalue weighted by molar-refractivity contribution is -0.145. The normalized spacial score (nSPS) is 41.9. The fourth-order valence-electron chi connectivity index (χ4n) is 7.76. The Bertz CT molecular complexity index is 1410. The van der Waals surface area contributed by atoms with Crippen LogP contribution in [0.4, 0.5) is 0 Å². The number of aliphatic hydroxyl groups is 2. The molecule has 1 aromatic carbocycles. The SMILES string of the molecule is CC1=CC(C)CC=CC2C3OC3(C)C(C)C3C(Cc4c[nH]c5ccccc45)NC(=O)C23C(=O)C=CC(O)C1O. The Morgan fingerprint density at radius 1 is 1.13 bits per heavy atom. The van der Waals surface area contributed by atoms with Gasteiger partial charge in [-0.05, 0) is 67.9 Å². The van der Waals surface area contributed by atoms with Crippen LogP contribution < -0.4 is 5.32 Å². The molecule has 1 spiro atoms. The Hall–Kier alpha value is -3.00. The van der Waals surface area contributed by atoms with Gasteiger partial charge in [-0.15, -0.1) is 0 Å². The third-order valence-electron chi connectivity index (χ3n) is 9.99. The molecule has 6 rings (SSSR count). The molecule has 7 nitrogen and oxygen atoms in total. The monoisotopic (exact) mass is 530 g/mol. The van der Waals surface area contributed by atoms with Crippen molar-refractivity contribution >= 4 is 22.6 Å². The summed E-state index contributed by atoms with van der Waals surface area (Å²) in [6.45, 7) is 8.03. The van der Waals surface area contributed by atoms with Crippen LogP contribution in [0, 0.1) is 29.1 Å². The van der Waals surface area contributed by atoms with Gasteiger partial charge in [0.05, 0.1) is 11.7 Å². The second-order valence-corrected chi connectivity index (χ2v) is 12.3. The van der Waals surface area contributed by atoms with E-state index in [0.717, 1.165) is 16.5 Å². The molecular weight excluding hydrogens is 492 g/mol. The van der Waals surface area contributed by atoms with Gasteiger partial charge in [-0.1, -0.05) is 50.3 Å². The van der Waals surface area contributed by atoms with Crippen LogP contribution in [0.2, 0.25) is 0 Å². The van der Waals surface area contributed by atoms with Gasteiger partial charge in [-0.25, -0.2) is 0 Å². The van der Waals surface area contributed by atoms with Gasteiger partial charge in [0.15, 0.2) is 5.78 Å². The Morgan fingerprint density at radius 3 is 2.69 bits per heavy atom. The Kier molecular flexibility index (Phi) is 6.25. The Balaban J connectivity index is 1.46. The summed E-state index contributed by atoms with van der Waals surface area (Å²) in [6.07, 6.45) is 9.31. The topological polar surface area (TPSA) is 115 Å². The number of aromatic amines is 1. The maximum atomic E-state index is 14.3. The van der Waals surface area contributed by atoms with Crippen LogP contribution in [0.25, 0.3) is 10.9 Å². The fourth-order valence-corrected chi connectivity index (χ4v) is 7.76.